The second-order valence-corrected chi connectivity index (χ2v) is 16.4. The highest BCUT2D eigenvalue weighted by molar-refractivity contribution is 6.12. The molecule has 0 N–H and O–H groups in total. The van der Waals surface area contributed by atoms with Crippen molar-refractivity contribution in [3.8, 4) is 56.7 Å². The van der Waals surface area contributed by atoms with Crippen molar-refractivity contribution in [2.24, 2.45) is 0 Å². The van der Waals surface area contributed by atoms with Crippen LogP contribution < -0.4 is 0 Å². The number of rotatable bonds is 6. The van der Waals surface area contributed by atoms with Crippen LogP contribution in [0.4, 0.5) is 0 Å². The zero-order valence-electron chi connectivity index (χ0n) is 34.1. The van der Waals surface area contributed by atoms with Crippen LogP contribution in [0.15, 0.2) is 218 Å². The first-order chi connectivity index (χ1) is 31.2. The summed E-state index contributed by atoms with van der Waals surface area (Å²) in [7, 11) is 0. The highest BCUT2D eigenvalue weighted by Gasteiger charge is 2.30. The van der Waals surface area contributed by atoms with Crippen LogP contribution in [0.3, 0.4) is 0 Å². The molecule has 0 aliphatic heterocycles. The molecule has 13 rings (SSSR count). The Morgan fingerprint density at radius 2 is 0.714 bits per heavy atom. The van der Waals surface area contributed by atoms with E-state index in [0.717, 1.165) is 39.1 Å². The van der Waals surface area contributed by atoms with E-state index < -0.39 is 0 Å². The zero-order valence-corrected chi connectivity index (χ0v) is 34.1. The monoisotopic (exact) mass is 803 g/mol. The van der Waals surface area contributed by atoms with Crippen molar-refractivity contribution < 1.29 is 0 Å². The quantitative estimate of drug-likeness (QED) is 0.168. The van der Waals surface area contributed by atoms with Gasteiger partial charge in [0.25, 0.3) is 0 Å². The molecular weight excluding hydrogens is 767 g/mol. The van der Waals surface area contributed by atoms with Crippen LogP contribution in [0, 0.1) is 0 Å². The average molecular weight is 804 g/mol. The van der Waals surface area contributed by atoms with Crippen LogP contribution in [-0.2, 0) is 0 Å². The maximum absolute atomic E-state index is 5.04. The largest absolute Gasteiger partial charge is 0.309 e. The van der Waals surface area contributed by atoms with Crippen LogP contribution in [0.5, 0.6) is 0 Å². The molecule has 9 aromatic carbocycles. The molecule has 0 amide bonds. The van der Waals surface area contributed by atoms with Gasteiger partial charge in [0.15, 0.2) is 17.5 Å². The van der Waals surface area contributed by atoms with Crippen molar-refractivity contribution in [1.82, 2.24) is 24.1 Å². The molecule has 5 heteroatoms. The number of para-hydroxylation sites is 2. The van der Waals surface area contributed by atoms with E-state index in [1.54, 1.807) is 0 Å². The van der Waals surface area contributed by atoms with Gasteiger partial charge in [0.2, 0.25) is 0 Å². The van der Waals surface area contributed by atoms with Gasteiger partial charge in [-0.1, -0.05) is 164 Å². The Balaban J connectivity index is 1.02. The fourth-order valence-electron chi connectivity index (χ4n) is 10.0. The minimum Gasteiger partial charge on any atom is -0.309 e. The number of hydrogen-bond acceptors (Lipinski definition) is 3. The molecule has 1 aliphatic rings. The first-order valence-corrected chi connectivity index (χ1v) is 21.5. The predicted molar refractivity (Wildman–Crippen MR) is 258 cm³/mol. The molecule has 0 radical (unpaired) electrons. The van der Waals surface area contributed by atoms with Gasteiger partial charge < -0.3 is 9.13 Å². The molecule has 3 heterocycles. The Hall–Kier alpha value is -8.41. The molecule has 294 valence electrons. The van der Waals surface area contributed by atoms with E-state index in [0.29, 0.717) is 17.5 Å². The molecule has 0 bridgehead atoms. The molecule has 0 atom stereocenters. The Morgan fingerprint density at radius 3 is 1.29 bits per heavy atom. The van der Waals surface area contributed by atoms with Gasteiger partial charge in [0.05, 0.1) is 22.1 Å². The minimum absolute atomic E-state index is 0.130. The van der Waals surface area contributed by atoms with Gasteiger partial charge in [-0.2, -0.15) is 0 Å². The molecule has 1 aliphatic carbocycles. The number of aromatic nitrogens is 5. The molecule has 3 aromatic heterocycles. The Kier molecular flexibility index (Phi) is 7.90. The maximum atomic E-state index is 5.04. The molecule has 63 heavy (non-hydrogen) atoms. The smallest absolute Gasteiger partial charge is 0.164 e. The van der Waals surface area contributed by atoms with Crippen molar-refractivity contribution in [1.29, 1.82) is 0 Å². The van der Waals surface area contributed by atoms with Crippen LogP contribution in [0.1, 0.15) is 22.6 Å². The lowest BCUT2D eigenvalue weighted by molar-refractivity contribution is 1.02. The summed E-state index contributed by atoms with van der Waals surface area (Å²) in [5.74, 6) is 2.05. The third kappa shape index (κ3) is 5.60. The topological polar surface area (TPSA) is 48.5 Å². The van der Waals surface area contributed by atoms with Crippen LogP contribution >= 0.6 is 0 Å². The molecule has 0 fully saturated rings. The number of nitrogens with zero attached hydrogens (tertiary/aromatic N) is 5. The van der Waals surface area contributed by atoms with E-state index in [4.69, 9.17) is 15.0 Å². The summed E-state index contributed by atoms with van der Waals surface area (Å²) in [6.07, 6.45) is 0. The number of fused-ring (bicyclic) bond motifs is 9. The summed E-state index contributed by atoms with van der Waals surface area (Å²) in [5.41, 5.74) is 16.3. The third-order valence-corrected chi connectivity index (χ3v) is 12.9. The molecule has 0 saturated heterocycles. The van der Waals surface area contributed by atoms with Gasteiger partial charge in [-0.25, -0.2) is 15.0 Å². The summed E-state index contributed by atoms with van der Waals surface area (Å²) in [5, 5.41) is 4.91. The van der Waals surface area contributed by atoms with Gasteiger partial charge in [-0.3, -0.25) is 0 Å². The first kappa shape index (κ1) is 35.4. The summed E-state index contributed by atoms with van der Waals surface area (Å²) < 4.78 is 4.85. The molecule has 12 aromatic rings. The van der Waals surface area contributed by atoms with E-state index in [1.807, 2.05) is 60.7 Å². The molecule has 0 unspecified atom stereocenters. The highest BCUT2D eigenvalue weighted by Crippen LogP contribution is 2.49. The lowest BCUT2D eigenvalue weighted by atomic mass is 9.89. The van der Waals surface area contributed by atoms with Crippen molar-refractivity contribution in [3.05, 3.63) is 235 Å². The Morgan fingerprint density at radius 1 is 0.302 bits per heavy atom. The maximum Gasteiger partial charge on any atom is 0.164 e. The van der Waals surface area contributed by atoms with Gasteiger partial charge in [0, 0.05) is 55.5 Å². The Bertz CT molecular complexity index is 3580. The third-order valence-electron chi connectivity index (χ3n) is 12.9. The predicted octanol–water partition coefficient (Wildman–Crippen LogP) is 14.2. The summed E-state index contributed by atoms with van der Waals surface area (Å²) in [4.78, 5) is 15.0. The van der Waals surface area contributed by atoms with Gasteiger partial charge >= 0.3 is 0 Å². The van der Waals surface area contributed by atoms with Crippen molar-refractivity contribution >= 4 is 43.6 Å². The molecule has 0 saturated carbocycles. The lowest BCUT2D eigenvalue weighted by Crippen LogP contribution is -2.01. The standard InChI is InChI=1S/C58H37N5/c1-3-15-37(16-4-1)56-59-57(38-17-5-2-6-18-38)61-58(60-56)39-27-30-41(31-28-39)62-53-35-40(55-49-23-9-7-19-43(49)44-20-8-10-24-50(44)55)29-33-47(53)48-34-32-42(36-54(48)62)63-51-25-13-11-21-45(51)46-22-12-14-26-52(46)63/h1-36,55H. The lowest BCUT2D eigenvalue weighted by Gasteiger charge is -2.16. The van der Waals surface area contributed by atoms with Crippen LogP contribution in [0.25, 0.3) is 100 Å². The van der Waals surface area contributed by atoms with Gasteiger partial charge in [0.1, 0.15) is 0 Å². The van der Waals surface area contributed by atoms with Crippen molar-refractivity contribution in [3.63, 3.8) is 0 Å². The van der Waals surface area contributed by atoms with E-state index in [9.17, 15) is 0 Å². The average Bonchev–Trinajstić information content (AvgIpc) is 3.99. The van der Waals surface area contributed by atoms with E-state index in [-0.39, 0.29) is 5.92 Å². The van der Waals surface area contributed by atoms with Gasteiger partial charge in [-0.05, 0) is 82.4 Å². The fraction of sp³-hybridized carbons (Fsp3) is 0.0172. The fourth-order valence-corrected chi connectivity index (χ4v) is 10.0. The number of benzene rings is 9. The first-order valence-electron chi connectivity index (χ1n) is 21.5. The summed E-state index contributed by atoms with van der Waals surface area (Å²) in [6, 6.07) is 78.2. The van der Waals surface area contributed by atoms with Crippen molar-refractivity contribution in [2.45, 2.75) is 5.92 Å². The number of hydrogen-bond donors (Lipinski definition) is 0. The molecule has 5 nitrogen and oxygen atoms in total. The van der Waals surface area contributed by atoms with E-state index in [1.165, 1.54) is 60.4 Å². The summed E-state index contributed by atoms with van der Waals surface area (Å²) >= 11 is 0. The van der Waals surface area contributed by atoms with E-state index in [2.05, 4.69) is 167 Å². The minimum atomic E-state index is 0.130. The van der Waals surface area contributed by atoms with Crippen molar-refractivity contribution in [2.75, 3.05) is 0 Å². The second kappa shape index (κ2) is 14.1. The van der Waals surface area contributed by atoms with Crippen LogP contribution in [0.2, 0.25) is 0 Å². The van der Waals surface area contributed by atoms with Crippen LogP contribution in [-0.4, -0.2) is 24.1 Å². The molecule has 0 spiro atoms. The molecular formula is C58H37N5. The van der Waals surface area contributed by atoms with E-state index >= 15 is 0 Å². The Labute approximate surface area is 363 Å². The SMILES string of the molecule is c1ccc(-c2nc(-c3ccccc3)nc(-c3ccc(-n4c5cc(C6c7ccccc7-c7ccccc76)ccc5c5ccc(-n6c7ccccc7c7ccccc76)cc54)cc3)n2)cc1. The zero-order chi connectivity index (χ0) is 41.4. The summed E-state index contributed by atoms with van der Waals surface area (Å²) in [6.45, 7) is 0. The second-order valence-electron chi connectivity index (χ2n) is 16.4. The normalized spacial score (nSPS) is 12.4. The van der Waals surface area contributed by atoms with Gasteiger partial charge in [-0.15, -0.1) is 0 Å². The highest BCUT2D eigenvalue weighted by atomic mass is 15.0.